The van der Waals surface area contributed by atoms with Gasteiger partial charge in [0.25, 0.3) is 0 Å². The molecule has 0 bridgehead atoms. The van der Waals surface area contributed by atoms with Gasteiger partial charge >= 0.3 is 0 Å². The quantitative estimate of drug-likeness (QED) is 0.752. The Morgan fingerprint density at radius 1 is 1.29 bits per heavy atom. The van der Waals surface area contributed by atoms with Crippen molar-refractivity contribution in [2.75, 3.05) is 25.4 Å². The highest BCUT2D eigenvalue weighted by atomic mass is 32.2. The first kappa shape index (κ1) is 11.9. The molecule has 0 aromatic rings. The van der Waals surface area contributed by atoms with Crippen LogP contribution in [0.15, 0.2) is 0 Å². The molecule has 1 heterocycles. The first-order valence-electron chi connectivity index (χ1n) is 4.96. The summed E-state index contributed by atoms with van der Waals surface area (Å²) in [7, 11) is -3.20. The molecule has 1 aliphatic rings. The van der Waals surface area contributed by atoms with E-state index in [9.17, 15) is 8.42 Å². The minimum absolute atomic E-state index is 0.145. The highest BCUT2D eigenvalue weighted by Crippen LogP contribution is 2.30. The third kappa shape index (κ3) is 2.93. The third-order valence-electron chi connectivity index (χ3n) is 2.82. The Labute approximate surface area is 86.0 Å². The van der Waals surface area contributed by atoms with Gasteiger partial charge in [0.05, 0.1) is 12.4 Å². The van der Waals surface area contributed by atoms with E-state index < -0.39 is 10.0 Å². The molecule has 0 spiro atoms. The Kier molecular flexibility index (Phi) is 3.55. The molecule has 1 aliphatic heterocycles. The lowest BCUT2D eigenvalue weighted by molar-refractivity contribution is 0.194. The monoisotopic (exact) mass is 221 g/mol. The van der Waals surface area contributed by atoms with Gasteiger partial charge in [-0.15, -0.1) is 0 Å². The fourth-order valence-corrected chi connectivity index (χ4v) is 2.84. The van der Waals surface area contributed by atoms with Crippen LogP contribution in [0.25, 0.3) is 0 Å². The summed E-state index contributed by atoms with van der Waals surface area (Å²) < 4.78 is 24.6. The molecule has 0 aromatic carbocycles. The molecule has 1 fully saturated rings. The SMILES string of the molecule is CC1(C)CCN(S(=O)(=O)CCO)CC1. The standard InChI is InChI=1S/C9H19NO3S/c1-9(2)3-5-10(6-4-9)14(12,13)8-7-11/h11H,3-8H2,1-2H3. The number of hydrogen-bond acceptors (Lipinski definition) is 3. The minimum atomic E-state index is -3.20. The number of aliphatic hydroxyl groups is 1. The molecule has 1 saturated heterocycles. The van der Waals surface area contributed by atoms with Crippen molar-refractivity contribution in [3.05, 3.63) is 0 Å². The predicted molar refractivity (Wildman–Crippen MR) is 55.5 cm³/mol. The molecule has 5 heteroatoms. The smallest absolute Gasteiger partial charge is 0.216 e. The van der Waals surface area contributed by atoms with Crippen LogP contribution in [0.3, 0.4) is 0 Å². The van der Waals surface area contributed by atoms with Gasteiger partial charge < -0.3 is 5.11 Å². The largest absolute Gasteiger partial charge is 0.395 e. The van der Waals surface area contributed by atoms with Crippen molar-refractivity contribution in [1.82, 2.24) is 4.31 Å². The Morgan fingerprint density at radius 3 is 2.21 bits per heavy atom. The van der Waals surface area contributed by atoms with Crippen LogP contribution in [0, 0.1) is 5.41 Å². The van der Waals surface area contributed by atoms with Crippen molar-refractivity contribution in [2.24, 2.45) is 5.41 Å². The highest BCUT2D eigenvalue weighted by Gasteiger charge is 2.31. The Hall–Kier alpha value is -0.130. The van der Waals surface area contributed by atoms with Crippen LogP contribution in [-0.2, 0) is 10.0 Å². The van der Waals surface area contributed by atoms with Crippen LogP contribution in [0.5, 0.6) is 0 Å². The summed E-state index contributed by atoms with van der Waals surface area (Å²) in [6, 6.07) is 0. The van der Waals surface area contributed by atoms with E-state index in [1.54, 1.807) is 0 Å². The molecule has 1 rings (SSSR count). The van der Waals surface area contributed by atoms with Crippen LogP contribution in [0.2, 0.25) is 0 Å². The normalized spacial score (nSPS) is 23.6. The lowest BCUT2D eigenvalue weighted by Gasteiger charge is -2.35. The summed E-state index contributed by atoms with van der Waals surface area (Å²) in [5.74, 6) is -0.145. The topological polar surface area (TPSA) is 57.6 Å². The molecule has 0 aliphatic carbocycles. The van der Waals surface area contributed by atoms with Gasteiger partial charge in [-0.25, -0.2) is 12.7 Å². The molecule has 84 valence electrons. The Morgan fingerprint density at radius 2 is 1.79 bits per heavy atom. The van der Waals surface area contributed by atoms with Crippen molar-refractivity contribution in [3.8, 4) is 0 Å². The number of rotatable bonds is 3. The number of hydrogen-bond donors (Lipinski definition) is 1. The molecule has 0 unspecified atom stereocenters. The number of piperidine rings is 1. The van der Waals surface area contributed by atoms with E-state index >= 15 is 0 Å². The van der Waals surface area contributed by atoms with Crippen LogP contribution >= 0.6 is 0 Å². The average molecular weight is 221 g/mol. The van der Waals surface area contributed by atoms with E-state index in [0.717, 1.165) is 12.8 Å². The van der Waals surface area contributed by atoms with E-state index in [1.165, 1.54) is 4.31 Å². The fraction of sp³-hybridized carbons (Fsp3) is 1.00. The van der Waals surface area contributed by atoms with Crippen molar-refractivity contribution >= 4 is 10.0 Å². The average Bonchev–Trinajstić information content (AvgIpc) is 2.03. The lowest BCUT2D eigenvalue weighted by atomic mass is 9.83. The minimum Gasteiger partial charge on any atom is -0.395 e. The molecule has 0 aromatic heterocycles. The van der Waals surface area contributed by atoms with E-state index in [2.05, 4.69) is 13.8 Å². The third-order valence-corrected chi connectivity index (χ3v) is 4.67. The Bertz CT molecular complexity index is 274. The molecule has 0 radical (unpaired) electrons. The maximum atomic E-state index is 11.6. The first-order chi connectivity index (χ1) is 6.37. The van der Waals surface area contributed by atoms with E-state index in [0.29, 0.717) is 13.1 Å². The van der Waals surface area contributed by atoms with Gasteiger partial charge in [-0.2, -0.15) is 0 Å². The first-order valence-corrected chi connectivity index (χ1v) is 6.57. The van der Waals surface area contributed by atoms with E-state index in [4.69, 9.17) is 5.11 Å². The zero-order valence-corrected chi connectivity index (χ0v) is 9.68. The lowest BCUT2D eigenvalue weighted by Crippen LogP contribution is -2.42. The van der Waals surface area contributed by atoms with Crippen molar-refractivity contribution in [2.45, 2.75) is 26.7 Å². The molecular weight excluding hydrogens is 202 g/mol. The zero-order valence-electron chi connectivity index (χ0n) is 8.86. The van der Waals surface area contributed by atoms with Gasteiger partial charge in [0.15, 0.2) is 0 Å². The van der Waals surface area contributed by atoms with Gasteiger partial charge in [0.2, 0.25) is 10.0 Å². The number of aliphatic hydroxyl groups excluding tert-OH is 1. The van der Waals surface area contributed by atoms with Gasteiger partial charge in [0.1, 0.15) is 0 Å². The summed E-state index contributed by atoms with van der Waals surface area (Å²) in [5, 5.41) is 8.63. The summed E-state index contributed by atoms with van der Waals surface area (Å²) in [5.41, 5.74) is 0.255. The molecule has 0 saturated carbocycles. The molecule has 0 amide bonds. The number of nitrogens with zero attached hydrogens (tertiary/aromatic N) is 1. The molecule has 14 heavy (non-hydrogen) atoms. The number of sulfonamides is 1. The Balaban J connectivity index is 2.58. The van der Waals surface area contributed by atoms with Crippen LogP contribution < -0.4 is 0 Å². The second kappa shape index (κ2) is 4.16. The second-order valence-electron chi connectivity index (χ2n) is 4.60. The van der Waals surface area contributed by atoms with Gasteiger partial charge in [-0.3, -0.25) is 0 Å². The second-order valence-corrected chi connectivity index (χ2v) is 6.69. The van der Waals surface area contributed by atoms with Crippen molar-refractivity contribution < 1.29 is 13.5 Å². The van der Waals surface area contributed by atoms with Crippen LogP contribution in [0.4, 0.5) is 0 Å². The van der Waals surface area contributed by atoms with E-state index in [-0.39, 0.29) is 17.8 Å². The summed E-state index contributed by atoms with van der Waals surface area (Å²) in [6.45, 7) is 5.21. The maximum absolute atomic E-state index is 11.6. The van der Waals surface area contributed by atoms with E-state index in [1.807, 2.05) is 0 Å². The van der Waals surface area contributed by atoms with Crippen LogP contribution in [-0.4, -0.2) is 43.3 Å². The summed E-state index contributed by atoms with van der Waals surface area (Å²) in [6.07, 6.45) is 1.80. The predicted octanol–water partition coefficient (Wildman–Crippen LogP) is 0.430. The van der Waals surface area contributed by atoms with Crippen molar-refractivity contribution in [3.63, 3.8) is 0 Å². The summed E-state index contributed by atoms with van der Waals surface area (Å²) >= 11 is 0. The van der Waals surface area contributed by atoms with Gasteiger partial charge in [0, 0.05) is 13.1 Å². The van der Waals surface area contributed by atoms with Crippen molar-refractivity contribution in [1.29, 1.82) is 0 Å². The van der Waals surface area contributed by atoms with Gasteiger partial charge in [-0.1, -0.05) is 13.8 Å². The maximum Gasteiger partial charge on any atom is 0.216 e. The highest BCUT2D eigenvalue weighted by molar-refractivity contribution is 7.89. The van der Waals surface area contributed by atoms with Crippen LogP contribution in [0.1, 0.15) is 26.7 Å². The zero-order chi connectivity index (χ0) is 10.8. The van der Waals surface area contributed by atoms with Gasteiger partial charge in [-0.05, 0) is 18.3 Å². The molecule has 0 atom stereocenters. The summed E-state index contributed by atoms with van der Waals surface area (Å²) in [4.78, 5) is 0. The molecular formula is C9H19NO3S. The molecule has 1 N–H and O–H groups in total. The fourth-order valence-electron chi connectivity index (χ4n) is 1.61. The molecule has 4 nitrogen and oxygen atoms in total.